The van der Waals surface area contributed by atoms with E-state index in [9.17, 15) is 22.7 Å². The molecule has 0 radical (unpaired) electrons. The van der Waals surface area contributed by atoms with Crippen molar-refractivity contribution in [2.24, 2.45) is 11.8 Å². The molecule has 9 heteroatoms. The maximum absolute atomic E-state index is 15.0. The van der Waals surface area contributed by atoms with E-state index in [0.29, 0.717) is 28.2 Å². The van der Waals surface area contributed by atoms with Crippen molar-refractivity contribution in [3.63, 3.8) is 0 Å². The molecule has 7 nitrogen and oxygen atoms in total. The maximum Gasteiger partial charge on any atom is 0.326 e. The van der Waals surface area contributed by atoms with Crippen LogP contribution in [0.15, 0.2) is 12.1 Å². The standard InChI is InChI=1S/C17H24FN3O4S/c1-10(2)5-13-7-11(8-19-13)6-12-3-4-14(22)17(16(12)18)21-9-15(23)20-26(21,24)25/h3-4,10-11,13,19,22H,5-9H2,1-2H3,(H,20,23)/t11?,13-/m1/s1. The Morgan fingerprint density at radius 2 is 2.12 bits per heavy atom. The third-order valence-electron chi connectivity index (χ3n) is 4.82. The van der Waals surface area contributed by atoms with Crippen LogP contribution in [-0.2, 0) is 21.4 Å². The molecule has 2 saturated heterocycles. The van der Waals surface area contributed by atoms with Gasteiger partial charge in [-0.15, -0.1) is 0 Å². The van der Waals surface area contributed by atoms with Crippen molar-refractivity contribution < 1.29 is 22.7 Å². The number of benzene rings is 1. The minimum atomic E-state index is -4.18. The zero-order chi connectivity index (χ0) is 19.1. The summed E-state index contributed by atoms with van der Waals surface area (Å²) in [6.07, 6.45) is 2.42. The first-order valence-corrected chi connectivity index (χ1v) is 10.2. The Labute approximate surface area is 152 Å². The molecule has 2 aliphatic rings. The quantitative estimate of drug-likeness (QED) is 0.709. The molecule has 2 aliphatic heterocycles. The van der Waals surface area contributed by atoms with Crippen molar-refractivity contribution in [2.45, 2.75) is 39.2 Å². The molecule has 1 aromatic carbocycles. The SMILES string of the molecule is CC(C)C[C@@H]1CC(Cc2ccc(O)c(N3CC(=O)NS3(=O)=O)c2F)CN1. The normalized spacial score (nSPS) is 25.1. The van der Waals surface area contributed by atoms with E-state index >= 15 is 0 Å². The van der Waals surface area contributed by atoms with Crippen molar-refractivity contribution >= 4 is 21.8 Å². The Bertz CT molecular complexity index is 812. The number of halogens is 1. The number of nitrogens with zero attached hydrogens (tertiary/aromatic N) is 1. The van der Waals surface area contributed by atoms with Crippen LogP contribution in [0.2, 0.25) is 0 Å². The Hall–Kier alpha value is -1.87. The van der Waals surface area contributed by atoms with Gasteiger partial charge in [-0.1, -0.05) is 19.9 Å². The fraction of sp³-hybridized carbons (Fsp3) is 0.588. The molecule has 0 aliphatic carbocycles. The van der Waals surface area contributed by atoms with E-state index in [4.69, 9.17) is 0 Å². The molecule has 2 heterocycles. The van der Waals surface area contributed by atoms with Gasteiger partial charge in [-0.2, -0.15) is 8.42 Å². The Kier molecular flexibility index (Phi) is 5.12. The molecule has 0 spiro atoms. The summed E-state index contributed by atoms with van der Waals surface area (Å²) in [5, 5.41) is 13.4. The molecule has 3 rings (SSSR count). The van der Waals surface area contributed by atoms with Gasteiger partial charge in [0.15, 0.2) is 5.82 Å². The fourth-order valence-electron chi connectivity index (χ4n) is 3.75. The highest BCUT2D eigenvalue weighted by Crippen LogP contribution is 2.36. The zero-order valence-corrected chi connectivity index (χ0v) is 15.6. The summed E-state index contributed by atoms with van der Waals surface area (Å²) in [6, 6.07) is 3.16. The summed E-state index contributed by atoms with van der Waals surface area (Å²) >= 11 is 0. The number of aromatic hydroxyl groups is 1. The summed E-state index contributed by atoms with van der Waals surface area (Å²) in [5.74, 6) is -1.24. The molecule has 1 unspecified atom stereocenters. The van der Waals surface area contributed by atoms with Gasteiger partial charge in [0, 0.05) is 6.04 Å². The average Bonchev–Trinajstić information content (AvgIpc) is 3.05. The van der Waals surface area contributed by atoms with Crippen LogP contribution in [-0.4, -0.2) is 38.6 Å². The molecular weight excluding hydrogens is 361 g/mol. The second kappa shape index (κ2) is 7.03. The predicted molar refractivity (Wildman–Crippen MR) is 95.5 cm³/mol. The molecule has 0 aromatic heterocycles. The molecule has 2 fully saturated rings. The van der Waals surface area contributed by atoms with Crippen molar-refractivity contribution in [1.29, 1.82) is 0 Å². The van der Waals surface area contributed by atoms with Gasteiger partial charge >= 0.3 is 10.2 Å². The molecule has 26 heavy (non-hydrogen) atoms. The highest BCUT2D eigenvalue weighted by Gasteiger charge is 2.38. The summed E-state index contributed by atoms with van der Waals surface area (Å²) in [6.45, 7) is 4.55. The highest BCUT2D eigenvalue weighted by molar-refractivity contribution is 7.92. The highest BCUT2D eigenvalue weighted by atomic mass is 32.2. The lowest BCUT2D eigenvalue weighted by Gasteiger charge is -2.19. The number of amides is 1. The van der Waals surface area contributed by atoms with Crippen LogP contribution in [0.4, 0.5) is 10.1 Å². The van der Waals surface area contributed by atoms with E-state index in [1.807, 2.05) is 0 Å². The van der Waals surface area contributed by atoms with E-state index in [2.05, 4.69) is 19.2 Å². The van der Waals surface area contributed by atoms with Crippen LogP contribution in [0.1, 0.15) is 32.3 Å². The number of hydrogen-bond acceptors (Lipinski definition) is 5. The first kappa shape index (κ1) is 18.9. The Morgan fingerprint density at radius 1 is 1.38 bits per heavy atom. The number of rotatable bonds is 5. The maximum atomic E-state index is 15.0. The van der Waals surface area contributed by atoms with E-state index in [1.54, 1.807) is 4.72 Å². The smallest absolute Gasteiger partial charge is 0.326 e. The first-order chi connectivity index (χ1) is 12.2. The van der Waals surface area contributed by atoms with Crippen molar-refractivity contribution in [2.75, 3.05) is 17.4 Å². The summed E-state index contributed by atoms with van der Waals surface area (Å²) in [5.41, 5.74) is -0.130. The number of carbonyl (C=O) groups excluding carboxylic acids is 1. The van der Waals surface area contributed by atoms with Gasteiger partial charge in [-0.25, -0.2) is 13.4 Å². The fourth-order valence-corrected chi connectivity index (χ4v) is 4.92. The van der Waals surface area contributed by atoms with Crippen LogP contribution in [0.25, 0.3) is 0 Å². The minimum absolute atomic E-state index is 0.237. The molecule has 0 bridgehead atoms. The van der Waals surface area contributed by atoms with Crippen LogP contribution in [0, 0.1) is 17.7 Å². The van der Waals surface area contributed by atoms with Gasteiger partial charge in [-0.05, 0) is 49.3 Å². The third-order valence-corrected chi connectivity index (χ3v) is 6.20. The number of phenolic OH excluding ortho intramolecular Hbond substituents is 1. The van der Waals surface area contributed by atoms with Gasteiger partial charge in [-0.3, -0.25) is 4.79 Å². The number of nitrogens with one attached hydrogen (secondary N) is 2. The number of carbonyl (C=O) groups is 1. The summed E-state index contributed by atoms with van der Waals surface area (Å²) < 4.78 is 41.3. The van der Waals surface area contributed by atoms with Crippen LogP contribution >= 0.6 is 0 Å². The number of hydrogen-bond donors (Lipinski definition) is 3. The summed E-state index contributed by atoms with van der Waals surface area (Å²) in [7, 11) is -4.18. The molecule has 1 aromatic rings. The van der Waals surface area contributed by atoms with Gasteiger partial charge in [0.1, 0.15) is 18.0 Å². The van der Waals surface area contributed by atoms with Crippen LogP contribution in [0.3, 0.4) is 0 Å². The number of anilines is 1. The monoisotopic (exact) mass is 385 g/mol. The van der Waals surface area contributed by atoms with E-state index in [-0.39, 0.29) is 5.92 Å². The van der Waals surface area contributed by atoms with Gasteiger partial charge in [0.05, 0.1) is 0 Å². The third kappa shape index (κ3) is 3.78. The molecule has 2 atom stereocenters. The number of phenols is 1. The molecular formula is C17H24FN3O4S. The second-order valence-electron chi connectivity index (χ2n) is 7.48. The molecule has 144 valence electrons. The van der Waals surface area contributed by atoms with E-state index < -0.39 is 39.9 Å². The van der Waals surface area contributed by atoms with Gasteiger partial charge < -0.3 is 10.4 Å². The molecule has 3 N–H and O–H groups in total. The lowest BCUT2D eigenvalue weighted by Crippen LogP contribution is -2.30. The topological polar surface area (TPSA) is 98.7 Å². The first-order valence-electron chi connectivity index (χ1n) is 8.74. The largest absolute Gasteiger partial charge is 0.506 e. The van der Waals surface area contributed by atoms with Crippen molar-refractivity contribution in [3.05, 3.63) is 23.5 Å². The second-order valence-corrected chi connectivity index (χ2v) is 9.08. The molecule has 0 saturated carbocycles. The lowest BCUT2D eigenvalue weighted by atomic mass is 9.93. The molecule has 1 amide bonds. The lowest BCUT2D eigenvalue weighted by molar-refractivity contribution is -0.117. The van der Waals surface area contributed by atoms with Gasteiger partial charge in [0.25, 0.3) is 5.91 Å². The minimum Gasteiger partial charge on any atom is -0.506 e. The predicted octanol–water partition coefficient (Wildman–Crippen LogP) is 1.28. The van der Waals surface area contributed by atoms with Crippen molar-refractivity contribution in [1.82, 2.24) is 10.0 Å². The zero-order valence-electron chi connectivity index (χ0n) is 14.8. The van der Waals surface area contributed by atoms with Crippen molar-refractivity contribution in [3.8, 4) is 5.75 Å². The van der Waals surface area contributed by atoms with Crippen LogP contribution < -0.4 is 14.3 Å². The van der Waals surface area contributed by atoms with E-state index in [1.165, 1.54) is 12.1 Å². The van der Waals surface area contributed by atoms with Gasteiger partial charge in [0.2, 0.25) is 0 Å². The van der Waals surface area contributed by atoms with E-state index in [0.717, 1.165) is 19.4 Å². The Morgan fingerprint density at radius 3 is 2.73 bits per heavy atom. The summed E-state index contributed by atoms with van der Waals surface area (Å²) in [4.78, 5) is 11.4. The van der Waals surface area contributed by atoms with Crippen LogP contribution in [0.5, 0.6) is 5.75 Å². The Balaban J connectivity index is 1.82. The average molecular weight is 385 g/mol.